The number of hydrogen-bond acceptors (Lipinski definition) is 6. The first kappa shape index (κ1) is 23.0. The molecular weight excluding hydrogens is 441 g/mol. The van der Waals surface area contributed by atoms with Gasteiger partial charge in [-0.1, -0.05) is 0 Å². The van der Waals surface area contributed by atoms with Crippen LogP contribution >= 0.6 is 0 Å². The molecule has 2 aromatic rings. The highest BCUT2D eigenvalue weighted by Gasteiger charge is 2.31. The first-order valence-electron chi connectivity index (χ1n) is 9.03. The lowest BCUT2D eigenvalue weighted by atomic mass is 10.2. The molecule has 12 heteroatoms. The van der Waals surface area contributed by atoms with E-state index in [9.17, 15) is 31.5 Å². The van der Waals surface area contributed by atoms with Crippen LogP contribution in [0.4, 0.5) is 18.9 Å². The predicted molar refractivity (Wildman–Crippen MR) is 103 cm³/mol. The van der Waals surface area contributed by atoms with Gasteiger partial charge in [0.05, 0.1) is 26.4 Å². The molecule has 1 fully saturated rings. The second kappa shape index (κ2) is 9.22. The number of anilines is 1. The molecule has 0 spiro atoms. The highest BCUT2D eigenvalue weighted by molar-refractivity contribution is 7.89. The van der Waals surface area contributed by atoms with Gasteiger partial charge in [0.15, 0.2) is 17.5 Å². The van der Waals surface area contributed by atoms with E-state index in [-0.39, 0.29) is 48.2 Å². The van der Waals surface area contributed by atoms with Gasteiger partial charge in [-0.25, -0.2) is 21.6 Å². The molecule has 31 heavy (non-hydrogen) atoms. The molecule has 168 valence electrons. The Kier molecular flexibility index (Phi) is 6.84. The van der Waals surface area contributed by atoms with Crippen LogP contribution in [0.15, 0.2) is 35.2 Å². The number of methoxy groups -OCH3 is 1. The van der Waals surface area contributed by atoms with Crippen molar-refractivity contribution >= 4 is 21.6 Å². The molecule has 1 unspecified atom stereocenters. The van der Waals surface area contributed by atoms with Gasteiger partial charge in [0.2, 0.25) is 10.0 Å². The summed E-state index contributed by atoms with van der Waals surface area (Å²) in [5.41, 5.74) is -0.509. The van der Waals surface area contributed by atoms with Crippen molar-refractivity contribution in [3.05, 3.63) is 53.3 Å². The Labute approximate surface area is 176 Å². The fraction of sp³-hybridized carbons (Fsp3) is 0.316. The Morgan fingerprint density at radius 1 is 1.23 bits per heavy atom. The van der Waals surface area contributed by atoms with Gasteiger partial charge in [0.1, 0.15) is 10.6 Å². The third-order valence-electron chi connectivity index (χ3n) is 4.49. The number of carbonyl (C=O) groups excluding carboxylic acids is 1. The normalized spacial score (nSPS) is 17.8. The molecular formula is C19H19F3N2O6S. The zero-order valence-corrected chi connectivity index (χ0v) is 17.1. The summed E-state index contributed by atoms with van der Waals surface area (Å²) in [5, 5.41) is 12.0. The van der Waals surface area contributed by atoms with Crippen LogP contribution < -0.4 is 10.1 Å². The van der Waals surface area contributed by atoms with Crippen molar-refractivity contribution in [1.82, 2.24) is 4.31 Å². The average molecular weight is 460 g/mol. The Balaban J connectivity index is 1.93. The maximum absolute atomic E-state index is 13.4. The largest absolute Gasteiger partial charge is 0.495 e. The highest BCUT2D eigenvalue weighted by Crippen LogP contribution is 2.29. The fourth-order valence-corrected chi connectivity index (χ4v) is 4.62. The smallest absolute Gasteiger partial charge is 0.255 e. The highest BCUT2D eigenvalue weighted by atomic mass is 32.2. The maximum atomic E-state index is 13.4. The van der Waals surface area contributed by atoms with Gasteiger partial charge < -0.3 is 19.9 Å². The van der Waals surface area contributed by atoms with Crippen LogP contribution in [0, 0.1) is 17.5 Å². The van der Waals surface area contributed by atoms with Crippen molar-refractivity contribution in [3.8, 4) is 5.75 Å². The van der Waals surface area contributed by atoms with Crippen LogP contribution in [-0.2, 0) is 14.8 Å². The Morgan fingerprint density at radius 3 is 2.55 bits per heavy atom. The molecule has 0 aliphatic carbocycles. The molecule has 1 saturated heterocycles. The fourth-order valence-electron chi connectivity index (χ4n) is 2.97. The molecule has 2 aromatic carbocycles. The van der Waals surface area contributed by atoms with E-state index >= 15 is 0 Å². The number of benzene rings is 2. The van der Waals surface area contributed by atoms with Crippen molar-refractivity contribution in [2.45, 2.75) is 11.0 Å². The van der Waals surface area contributed by atoms with Crippen molar-refractivity contribution in [3.63, 3.8) is 0 Å². The summed E-state index contributed by atoms with van der Waals surface area (Å²) in [5.74, 6) is -5.59. The van der Waals surface area contributed by atoms with Gasteiger partial charge in [0.25, 0.3) is 5.91 Å². The minimum absolute atomic E-state index is 0.0175. The van der Waals surface area contributed by atoms with E-state index in [1.807, 2.05) is 0 Å². The number of β-amino-alcohol motifs (C(OH)–C–C–N with tert-alkyl or cyclic N) is 1. The summed E-state index contributed by atoms with van der Waals surface area (Å²) in [4.78, 5) is 12.2. The molecule has 0 saturated carbocycles. The predicted octanol–water partition coefficient (Wildman–Crippen LogP) is 1.75. The molecule has 3 rings (SSSR count). The second-order valence-corrected chi connectivity index (χ2v) is 8.57. The van der Waals surface area contributed by atoms with Crippen molar-refractivity contribution in [2.24, 2.45) is 0 Å². The number of aliphatic hydroxyl groups excluding tert-OH is 1. The van der Waals surface area contributed by atoms with Crippen molar-refractivity contribution < 1.29 is 41.0 Å². The zero-order chi connectivity index (χ0) is 22.8. The van der Waals surface area contributed by atoms with Gasteiger partial charge >= 0.3 is 0 Å². The number of amides is 1. The van der Waals surface area contributed by atoms with Crippen LogP contribution in [0.2, 0.25) is 0 Å². The zero-order valence-electron chi connectivity index (χ0n) is 16.3. The molecule has 8 nitrogen and oxygen atoms in total. The first-order valence-corrected chi connectivity index (χ1v) is 10.5. The number of nitrogens with one attached hydrogen (secondary N) is 1. The van der Waals surface area contributed by atoms with E-state index in [2.05, 4.69) is 5.32 Å². The summed E-state index contributed by atoms with van der Waals surface area (Å²) >= 11 is 0. The summed E-state index contributed by atoms with van der Waals surface area (Å²) in [6.07, 6.45) is -1.03. The van der Waals surface area contributed by atoms with Crippen LogP contribution in [0.5, 0.6) is 5.75 Å². The minimum Gasteiger partial charge on any atom is -0.495 e. The van der Waals surface area contributed by atoms with Gasteiger partial charge in [-0.2, -0.15) is 4.31 Å². The maximum Gasteiger partial charge on any atom is 0.255 e. The van der Waals surface area contributed by atoms with E-state index in [1.165, 1.54) is 19.2 Å². The lowest BCUT2D eigenvalue weighted by Crippen LogP contribution is -2.38. The molecule has 0 bridgehead atoms. The van der Waals surface area contributed by atoms with Crippen molar-refractivity contribution in [1.29, 1.82) is 0 Å². The lowest BCUT2D eigenvalue weighted by Gasteiger charge is -2.22. The third-order valence-corrected chi connectivity index (χ3v) is 6.38. The van der Waals surface area contributed by atoms with Crippen LogP contribution in [0.3, 0.4) is 0 Å². The molecule has 1 heterocycles. The number of nitrogens with zero attached hydrogens (tertiary/aromatic N) is 1. The van der Waals surface area contributed by atoms with Crippen molar-refractivity contribution in [2.75, 3.05) is 38.7 Å². The topological polar surface area (TPSA) is 105 Å². The molecule has 1 aliphatic heterocycles. The monoisotopic (exact) mass is 460 g/mol. The van der Waals surface area contributed by atoms with E-state index in [0.29, 0.717) is 12.1 Å². The van der Waals surface area contributed by atoms with Gasteiger partial charge in [-0.05, 0) is 18.2 Å². The number of sulfonamides is 1. The summed E-state index contributed by atoms with van der Waals surface area (Å²) in [7, 11) is -2.94. The molecule has 1 atom stereocenters. The summed E-state index contributed by atoms with van der Waals surface area (Å²) in [6, 6.07) is 4.73. The van der Waals surface area contributed by atoms with E-state index in [1.54, 1.807) is 0 Å². The Bertz CT molecular complexity index is 1070. The molecule has 1 aliphatic rings. The van der Waals surface area contributed by atoms with E-state index in [4.69, 9.17) is 9.47 Å². The number of hydrogen-bond donors (Lipinski definition) is 2. The minimum atomic E-state index is -4.19. The van der Waals surface area contributed by atoms with Gasteiger partial charge in [-0.15, -0.1) is 0 Å². The average Bonchev–Trinajstić information content (AvgIpc) is 2.96. The van der Waals surface area contributed by atoms with E-state index < -0.39 is 39.5 Å². The number of carbonyl (C=O) groups is 1. The summed E-state index contributed by atoms with van der Waals surface area (Å²) < 4.78 is 77.4. The lowest BCUT2D eigenvalue weighted by molar-refractivity contribution is 0.0583. The van der Waals surface area contributed by atoms with Crippen LogP contribution in [0.1, 0.15) is 10.4 Å². The number of aliphatic hydroxyl groups is 1. The molecule has 0 aromatic heterocycles. The number of rotatable bonds is 5. The standard InChI is InChI=1S/C19H19F3N2O6S/c1-29-16-3-2-11(19(26)23-12-7-14(20)18(22)15(21)8-12)6-17(16)31(27,28)24-4-5-30-10-13(25)9-24/h2-3,6-8,13,25H,4-5,9-10H2,1H3,(H,23,26). The van der Waals surface area contributed by atoms with E-state index in [0.717, 1.165) is 10.4 Å². The number of halogens is 3. The Morgan fingerprint density at radius 2 is 1.90 bits per heavy atom. The van der Waals surface area contributed by atoms with Crippen LogP contribution in [-0.4, -0.2) is 63.3 Å². The van der Waals surface area contributed by atoms with Crippen LogP contribution in [0.25, 0.3) is 0 Å². The molecule has 0 radical (unpaired) electrons. The SMILES string of the molecule is COc1ccc(C(=O)Nc2cc(F)c(F)c(F)c2)cc1S(=O)(=O)N1CCOCC(O)C1. The second-order valence-electron chi connectivity index (χ2n) is 6.67. The number of ether oxygens (including phenoxy) is 2. The first-order chi connectivity index (χ1) is 14.6. The Hall–Kier alpha value is -2.67. The summed E-state index contributed by atoms with van der Waals surface area (Å²) in [6.45, 7) is -0.181. The molecule has 2 N–H and O–H groups in total. The third kappa shape index (κ3) is 4.98. The molecule has 1 amide bonds. The van der Waals surface area contributed by atoms with Gasteiger partial charge in [0, 0.05) is 36.5 Å². The van der Waals surface area contributed by atoms with Gasteiger partial charge in [-0.3, -0.25) is 4.79 Å². The quantitative estimate of drug-likeness (QED) is 0.659.